The van der Waals surface area contributed by atoms with Gasteiger partial charge in [-0.1, -0.05) is 20.8 Å². The monoisotopic (exact) mass is 718 g/mol. The third-order valence-corrected chi connectivity index (χ3v) is 9.83. The number of thioether (sulfide) groups is 1. The normalized spacial score (nSPS) is 17.9. The predicted molar refractivity (Wildman–Crippen MR) is 114 cm³/mol. The second kappa shape index (κ2) is 12.1. The lowest BCUT2D eigenvalue weighted by Gasteiger charge is -2.42. The van der Waals surface area contributed by atoms with Crippen LogP contribution in [0.5, 0.6) is 0 Å². The van der Waals surface area contributed by atoms with Gasteiger partial charge in [0, 0.05) is 16.9 Å². The van der Waals surface area contributed by atoms with Gasteiger partial charge in [0.2, 0.25) is 0 Å². The van der Waals surface area contributed by atoms with Gasteiger partial charge in [0.05, 0.1) is 0 Å². The van der Waals surface area contributed by atoms with Crippen LogP contribution in [0, 0.1) is 5.41 Å². The minimum Gasteiger partial charge on any atom is -0.743 e. The first-order chi connectivity index (χ1) is 18.0. The zero-order valence-electron chi connectivity index (χ0n) is 20.8. The van der Waals surface area contributed by atoms with Crippen molar-refractivity contribution >= 4 is 38.6 Å². The maximum atomic E-state index is 13.0. The van der Waals surface area contributed by atoms with Gasteiger partial charge in [-0.25, -0.2) is 8.42 Å². The molecular weight excluding hydrogens is 699 g/mol. The van der Waals surface area contributed by atoms with Crippen LogP contribution in [-0.2, 0) is 25.8 Å². The molecule has 24 heteroatoms. The summed E-state index contributed by atoms with van der Waals surface area (Å²) in [6, 6.07) is 0. The lowest BCUT2D eigenvalue weighted by atomic mass is 9.91. The van der Waals surface area contributed by atoms with Gasteiger partial charge in [-0.2, -0.15) is 86.4 Å². The Bertz CT molecular complexity index is 1060. The standard InChI is InChI=1S/C10H19OS2.C8HF17O3S/c1-10(2,3)9(11)8-13-6-4-12-5-7-13;9-1(10,3(13,14)5(17,18)7(21,22)23)2(11,12)4(15,16)6(19,20)8(24,25)29(26,27)28/h4-8H2,1-3H3;(H,26,27,28)/q+1;/p-1. The third-order valence-electron chi connectivity index (χ3n) is 5.21. The Balaban J connectivity index is 0.00000107. The van der Waals surface area contributed by atoms with Crippen molar-refractivity contribution in [1.82, 2.24) is 0 Å². The maximum Gasteiger partial charge on any atom is 0.460 e. The largest absolute Gasteiger partial charge is 0.743 e. The molecule has 0 saturated carbocycles. The number of alkyl halides is 17. The second-order valence-electron chi connectivity index (χ2n) is 9.37. The second-order valence-corrected chi connectivity index (χ2v) is 14.3. The molecule has 0 radical (unpaired) electrons. The molecule has 0 aromatic rings. The van der Waals surface area contributed by atoms with Crippen LogP contribution in [0.15, 0.2) is 0 Å². The topological polar surface area (TPSA) is 74.3 Å². The van der Waals surface area contributed by atoms with E-state index in [0.29, 0.717) is 16.7 Å². The fourth-order valence-corrected chi connectivity index (χ4v) is 7.18. The van der Waals surface area contributed by atoms with Gasteiger partial charge in [0.15, 0.2) is 21.7 Å². The summed E-state index contributed by atoms with van der Waals surface area (Å²) >= 11 is 2.03. The van der Waals surface area contributed by atoms with Crippen LogP contribution in [0.25, 0.3) is 0 Å². The van der Waals surface area contributed by atoms with Gasteiger partial charge < -0.3 is 4.55 Å². The van der Waals surface area contributed by atoms with Gasteiger partial charge in [-0.3, -0.25) is 4.79 Å². The van der Waals surface area contributed by atoms with E-state index in [4.69, 9.17) is 0 Å². The highest BCUT2D eigenvalue weighted by Crippen LogP contribution is 2.64. The van der Waals surface area contributed by atoms with E-state index in [-0.39, 0.29) is 5.41 Å². The Morgan fingerprint density at radius 3 is 1.24 bits per heavy atom. The van der Waals surface area contributed by atoms with Gasteiger partial charge in [0.25, 0.3) is 0 Å². The first kappa shape index (κ1) is 41.1. The van der Waals surface area contributed by atoms with Gasteiger partial charge in [0.1, 0.15) is 11.5 Å². The molecule has 0 atom stereocenters. The number of ketones is 1. The minimum atomic E-state index is -8.92. The molecule has 1 aliphatic heterocycles. The summed E-state index contributed by atoms with van der Waals surface area (Å²) in [7, 11) is -7.73. The molecule has 1 rings (SSSR count). The van der Waals surface area contributed by atoms with Crippen LogP contribution >= 0.6 is 11.8 Å². The van der Waals surface area contributed by atoms with E-state index >= 15 is 0 Å². The van der Waals surface area contributed by atoms with E-state index in [2.05, 4.69) is 0 Å². The summed E-state index contributed by atoms with van der Waals surface area (Å²) in [5.74, 6) is -45.8. The van der Waals surface area contributed by atoms with E-state index in [1.807, 2.05) is 32.5 Å². The number of carbonyl (C=O) groups excluding carboxylic acids is 1. The zero-order valence-corrected chi connectivity index (χ0v) is 23.3. The van der Waals surface area contributed by atoms with Crippen molar-refractivity contribution < 1.29 is 92.4 Å². The number of hydrogen-bond acceptors (Lipinski definition) is 5. The minimum absolute atomic E-state index is 0.127. The SMILES string of the molecule is CC(C)(C)C(=O)C[S+]1CCSCC1.O=S(=O)([O-])C(F)(F)C(F)(F)C(F)(F)C(F)(F)C(F)(F)C(F)(F)C(F)(F)C(F)(F)F. The van der Waals surface area contributed by atoms with Gasteiger partial charge in [-0.05, 0) is 10.9 Å². The summed E-state index contributed by atoms with van der Waals surface area (Å²) in [5.41, 5.74) is -0.127. The molecule has 252 valence electrons. The zero-order chi connectivity index (χ0) is 34.4. The quantitative estimate of drug-likeness (QED) is 0.156. The Labute approximate surface area is 233 Å². The maximum absolute atomic E-state index is 13.0. The molecule has 0 unspecified atom stereocenters. The Morgan fingerprint density at radius 1 is 0.643 bits per heavy atom. The van der Waals surface area contributed by atoms with Crippen LogP contribution in [0.2, 0.25) is 0 Å². The van der Waals surface area contributed by atoms with Crippen molar-refractivity contribution in [2.45, 2.75) is 67.7 Å². The fraction of sp³-hybridized carbons (Fsp3) is 0.944. The molecule has 0 aromatic heterocycles. The van der Waals surface area contributed by atoms with Crippen molar-refractivity contribution in [2.24, 2.45) is 5.41 Å². The molecule has 1 heterocycles. The molecule has 1 aliphatic rings. The molecule has 0 aromatic carbocycles. The molecule has 0 aliphatic carbocycles. The lowest BCUT2D eigenvalue weighted by molar-refractivity contribution is -0.458. The first-order valence-corrected chi connectivity index (χ1v) is 14.7. The molecule has 0 bridgehead atoms. The van der Waals surface area contributed by atoms with Crippen LogP contribution in [0.3, 0.4) is 0 Å². The highest BCUT2D eigenvalue weighted by atomic mass is 32.2. The molecule has 1 fully saturated rings. The van der Waals surface area contributed by atoms with Gasteiger partial charge >= 0.3 is 47.0 Å². The van der Waals surface area contributed by atoms with Crippen molar-refractivity contribution in [2.75, 3.05) is 28.8 Å². The number of rotatable bonds is 9. The summed E-state index contributed by atoms with van der Waals surface area (Å²) in [6.45, 7) is 6.08. The fourth-order valence-electron chi connectivity index (χ4n) is 2.41. The van der Waals surface area contributed by atoms with Crippen LogP contribution in [-0.4, -0.2) is 94.5 Å². The van der Waals surface area contributed by atoms with E-state index in [0.717, 1.165) is 5.75 Å². The molecule has 42 heavy (non-hydrogen) atoms. The van der Waals surface area contributed by atoms with Crippen LogP contribution in [0.1, 0.15) is 20.8 Å². The Hall–Kier alpha value is -0.910. The average molecular weight is 719 g/mol. The van der Waals surface area contributed by atoms with Crippen molar-refractivity contribution in [3.8, 4) is 0 Å². The summed E-state index contributed by atoms with van der Waals surface area (Å²) < 4.78 is 244. The number of Topliss-reactive ketones (excluding diaryl/α,β-unsaturated/α-hetero) is 1. The third kappa shape index (κ3) is 7.15. The molecule has 1 saturated heterocycles. The van der Waals surface area contributed by atoms with Crippen molar-refractivity contribution in [1.29, 1.82) is 0 Å². The van der Waals surface area contributed by atoms with E-state index in [1.165, 1.54) is 23.0 Å². The Kier molecular flexibility index (Phi) is 11.9. The number of halogens is 17. The van der Waals surface area contributed by atoms with Crippen LogP contribution < -0.4 is 0 Å². The smallest absolute Gasteiger partial charge is 0.460 e. The summed E-state index contributed by atoms with van der Waals surface area (Å²) in [6.07, 6.45) is -7.89. The van der Waals surface area contributed by atoms with Gasteiger partial charge in [-0.15, -0.1) is 0 Å². The molecule has 4 nitrogen and oxygen atoms in total. The van der Waals surface area contributed by atoms with E-state index in [1.54, 1.807) is 0 Å². The van der Waals surface area contributed by atoms with E-state index < -0.39 is 57.1 Å². The lowest BCUT2D eigenvalue weighted by Crippen LogP contribution is -2.75. The summed E-state index contributed by atoms with van der Waals surface area (Å²) in [5, 5.41) is -7.95. The van der Waals surface area contributed by atoms with Crippen LogP contribution in [0.4, 0.5) is 74.6 Å². The Morgan fingerprint density at radius 2 is 0.952 bits per heavy atom. The van der Waals surface area contributed by atoms with Crippen molar-refractivity contribution in [3.05, 3.63) is 0 Å². The molecule has 0 spiro atoms. The summed E-state index contributed by atoms with van der Waals surface area (Å²) in [4.78, 5) is 11.7. The molecule has 0 amide bonds. The van der Waals surface area contributed by atoms with E-state index in [9.17, 15) is 92.4 Å². The van der Waals surface area contributed by atoms with Crippen molar-refractivity contribution in [3.63, 3.8) is 0 Å². The number of carbonyl (C=O) groups is 1. The first-order valence-electron chi connectivity index (χ1n) is 10.4. The predicted octanol–water partition coefficient (Wildman–Crippen LogP) is 6.47. The highest BCUT2D eigenvalue weighted by molar-refractivity contribution is 8.05. The number of hydrogen-bond donors (Lipinski definition) is 0. The highest BCUT2D eigenvalue weighted by Gasteiger charge is 2.95. The average Bonchev–Trinajstić information content (AvgIpc) is 2.77. The molecule has 0 N–H and O–H groups in total. The molecular formula is C18H19F17O4S3.